The summed E-state index contributed by atoms with van der Waals surface area (Å²) in [6, 6.07) is 13.1. The second kappa shape index (κ2) is 8.37. The highest BCUT2D eigenvalue weighted by atomic mass is 15.2. The average Bonchev–Trinajstić information content (AvgIpc) is 3.08. The first kappa shape index (κ1) is 21.4. The molecule has 0 bridgehead atoms. The third-order valence-corrected chi connectivity index (χ3v) is 6.99. The molecule has 2 unspecified atom stereocenters. The van der Waals surface area contributed by atoms with Crippen LogP contribution in [0.25, 0.3) is 16.6 Å². The highest BCUT2D eigenvalue weighted by Crippen LogP contribution is 2.41. The number of allylic oxidation sites excluding steroid dienone is 4. The summed E-state index contributed by atoms with van der Waals surface area (Å²) >= 11 is 0. The van der Waals surface area contributed by atoms with Gasteiger partial charge in [0.15, 0.2) is 0 Å². The minimum atomic E-state index is 0.541. The lowest BCUT2D eigenvalue weighted by molar-refractivity contribution is 0.522. The first-order chi connectivity index (χ1) is 14.8. The molecule has 0 saturated carbocycles. The van der Waals surface area contributed by atoms with Gasteiger partial charge in [-0.05, 0) is 74.3 Å². The zero-order chi connectivity index (χ0) is 22.3. The van der Waals surface area contributed by atoms with Gasteiger partial charge in [0.25, 0.3) is 0 Å². The van der Waals surface area contributed by atoms with Crippen LogP contribution in [0.1, 0.15) is 57.7 Å². The number of benzene rings is 2. The monoisotopic (exact) mass is 413 g/mol. The SMILES string of the molecule is CCCn1c(Nc2c(C)cccc2C)nc2c(C3=C(C)C(C)C(C)C=C3C)cccc21. The zero-order valence-electron chi connectivity index (χ0n) is 20.0. The standard InChI is InChI=1S/C28H35N3/c1-8-15-31-24-14-10-13-23(25-20(5)16-19(4)21(6)22(25)7)27(24)30-28(31)29-26-17(2)11-9-12-18(26)3/h9-14,16,19,21H,8,15H2,1-7H3,(H,29,30). The Labute approximate surface area is 186 Å². The van der Waals surface area contributed by atoms with Gasteiger partial charge in [0.1, 0.15) is 0 Å². The van der Waals surface area contributed by atoms with Gasteiger partial charge in [0.05, 0.1) is 11.0 Å². The largest absolute Gasteiger partial charge is 0.325 e. The molecule has 3 heteroatoms. The lowest BCUT2D eigenvalue weighted by Crippen LogP contribution is -2.14. The fraction of sp³-hybridized carbons (Fsp3) is 0.393. The first-order valence-electron chi connectivity index (χ1n) is 11.6. The predicted octanol–water partition coefficient (Wildman–Crippen LogP) is 7.81. The van der Waals surface area contributed by atoms with E-state index in [-0.39, 0.29) is 0 Å². The lowest BCUT2D eigenvalue weighted by atomic mass is 9.77. The van der Waals surface area contributed by atoms with Gasteiger partial charge in [0, 0.05) is 17.8 Å². The van der Waals surface area contributed by atoms with Crippen molar-refractivity contribution < 1.29 is 0 Å². The quantitative estimate of drug-likeness (QED) is 0.462. The van der Waals surface area contributed by atoms with Crippen molar-refractivity contribution in [2.75, 3.05) is 5.32 Å². The summed E-state index contributed by atoms with van der Waals surface area (Å²) < 4.78 is 2.34. The number of hydrogen-bond acceptors (Lipinski definition) is 2. The van der Waals surface area contributed by atoms with E-state index in [1.165, 1.54) is 38.9 Å². The molecule has 1 heterocycles. The van der Waals surface area contributed by atoms with E-state index in [9.17, 15) is 0 Å². The number of hydrogen-bond donors (Lipinski definition) is 1. The normalized spacial score (nSPS) is 19.1. The maximum absolute atomic E-state index is 5.19. The number of para-hydroxylation sites is 2. The van der Waals surface area contributed by atoms with Crippen molar-refractivity contribution in [1.82, 2.24) is 9.55 Å². The minimum Gasteiger partial charge on any atom is -0.325 e. The van der Waals surface area contributed by atoms with E-state index in [4.69, 9.17) is 4.98 Å². The molecular weight excluding hydrogens is 378 g/mol. The highest BCUT2D eigenvalue weighted by Gasteiger charge is 2.25. The molecule has 0 aliphatic heterocycles. The molecule has 4 rings (SSSR count). The van der Waals surface area contributed by atoms with Crippen LogP contribution in [-0.2, 0) is 6.54 Å². The molecule has 3 nitrogen and oxygen atoms in total. The van der Waals surface area contributed by atoms with Crippen molar-refractivity contribution >= 4 is 28.2 Å². The summed E-state index contributed by atoms with van der Waals surface area (Å²) in [7, 11) is 0. The number of aryl methyl sites for hydroxylation is 3. The van der Waals surface area contributed by atoms with Gasteiger partial charge in [-0.1, -0.05) is 62.8 Å². The van der Waals surface area contributed by atoms with Gasteiger partial charge in [-0.15, -0.1) is 0 Å². The number of anilines is 2. The van der Waals surface area contributed by atoms with Crippen LogP contribution in [-0.4, -0.2) is 9.55 Å². The van der Waals surface area contributed by atoms with Gasteiger partial charge in [0.2, 0.25) is 5.95 Å². The summed E-state index contributed by atoms with van der Waals surface area (Å²) in [5.74, 6) is 2.04. The molecule has 162 valence electrons. The number of rotatable bonds is 5. The fourth-order valence-corrected chi connectivity index (χ4v) is 5.00. The van der Waals surface area contributed by atoms with Crippen LogP contribution in [0.5, 0.6) is 0 Å². The Morgan fingerprint density at radius 2 is 1.65 bits per heavy atom. The molecule has 1 N–H and O–H groups in total. The molecule has 3 aromatic rings. The minimum absolute atomic E-state index is 0.541. The molecule has 0 radical (unpaired) electrons. The summed E-state index contributed by atoms with van der Waals surface area (Å²) in [5.41, 5.74) is 11.4. The highest BCUT2D eigenvalue weighted by molar-refractivity contribution is 5.96. The molecule has 2 aromatic carbocycles. The summed E-state index contributed by atoms with van der Waals surface area (Å²) in [6.45, 7) is 16.7. The molecule has 1 aromatic heterocycles. The number of imidazole rings is 1. The second-order valence-electron chi connectivity index (χ2n) is 9.21. The summed E-state index contributed by atoms with van der Waals surface area (Å²) in [6.07, 6.45) is 3.48. The van der Waals surface area contributed by atoms with Gasteiger partial charge in [-0.2, -0.15) is 0 Å². The van der Waals surface area contributed by atoms with Crippen LogP contribution in [0.4, 0.5) is 11.6 Å². The fourth-order valence-electron chi connectivity index (χ4n) is 5.00. The maximum atomic E-state index is 5.19. The lowest BCUT2D eigenvalue weighted by Gasteiger charge is -2.28. The Morgan fingerprint density at radius 3 is 2.32 bits per heavy atom. The Bertz CT molecular complexity index is 1170. The Morgan fingerprint density at radius 1 is 0.968 bits per heavy atom. The molecule has 1 aliphatic carbocycles. The molecule has 0 fully saturated rings. The van der Waals surface area contributed by atoms with Crippen molar-refractivity contribution in [3.8, 4) is 0 Å². The van der Waals surface area contributed by atoms with Crippen molar-refractivity contribution in [3.63, 3.8) is 0 Å². The Balaban J connectivity index is 1.92. The molecule has 2 atom stereocenters. The Hall–Kier alpha value is -2.81. The van der Waals surface area contributed by atoms with Crippen LogP contribution < -0.4 is 5.32 Å². The third-order valence-electron chi connectivity index (χ3n) is 6.99. The smallest absolute Gasteiger partial charge is 0.208 e. The van der Waals surface area contributed by atoms with Crippen LogP contribution in [0.2, 0.25) is 0 Å². The van der Waals surface area contributed by atoms with Crippen molar-refractivity contribution in [3.05, 3.63) is 70.3 Å². The van der Waals surface area contributed by atoms with Crippen LogP contribution >= 0.6 is 0 Å². The number of nitrogens with one attached hydrogen (secondary N) is 1. The van der Waals surface area contributed by atoms with E-state index in [0.717, 1.165) is 30.1 Å². The first-order valence-corrected chi connectivity index (χ1v) is 11.6. The third kappa shape index (κ3) is 3.71. The molecule has 31 heavy (non-hydrogen) atoms. The molecule has 1 aliphatic rings. The maximum Gasteiger partial charge on any atom is 0.208 e. The topological polar surface area (TPSA) is 29.9 Å². The second-order valence-corrected chi connectivity index (χ2v) is 9.21. The van der Waals surface area contributed by atoms with E-state index in [1.54, 1.807) is 0 Å². The predicted molar refractivity (Wildman–Crippen MR) is 134 cm³/mol. The van der Waals surface area contributed by atoms with Crippen LogP contribution in [0.3, 0.4) is 0 Å². The van der Waals surface area contributed by atoms with Gasteiger partial charge in [-0.3, -0.25) is 0 Å². The van der Waals surface area contributed by atoms with Gasteiger partial charge < -0.3 is 9.88 Å². The molecule has 0 amide bonds. The molecule has 0 spiro atoms. The van der Waals surface area contributed by atoms with Crippen LogP contribution in [0, 0.1) is 25.7 Å². The number of fused-ring (bicyclic) bond motifs is 1. The van der Waals surface area contributed by atoms with Gasteiger partial charge in [-0.25, -0.2) is 4.98 Å². The van der Waals surface area contributed by atoms with Crippen molar-refractivity contribution in [2.24, 2.45) is 11.8 Å². The van der Waals surface area contributed by atoms with Crippen molar-refractivity contribution in [1.29, 1.82) is 0 Å². The number of aromatic nitrogens is 2. The molecular formula is C28H35N3. The Kier molecular flexibility index (Phi) is 5.79. The van der Waals surface area contributed by atoms with E-state index in [2.05, 4.69) is 101 Å². The van der Waals surface area contributed by atoms with E-state index in [1.807, 2.05) is 0 Å². The zero-order valence-corrected chi connectivity index (χ0v) is 20.0. The van der Waals surface area contributed by atoms with Crippen LogP contribution in [0.15, 0.2) is 53.6 Å². The van der Waals surface area contributed by atoms with Crippen molar-refractivity contribution in [2.45, 2.75) is 61.4 Å². The summed E-state index contributed by atoms with van der Waals surface area (Å²) in [5, 5.41) is 3.67. The molecule has 0 saturated heterocycles. The summed E-state index contributed by atoms with van der Waals surface area (Å²) in [4.78, 5) is 5.19. The van der Waals surface area contributed by atoms with E-state index in [0.29, 0.717) is 11.8 Å². The number of nitrogens with zero attached hydrogens (tertiary/aromatic N) is 2. The van der Waals surface area contributed by atoms with E-state index < -0.39 is 0 Å². The van der Waals surface area contributed by atoms with Gasteiger partial charge >= 0.3 is 0 Å². The average molecular weight is 414 g/mol. The van der Waals surface area contributed by atoms with E-state index >= 15 is 0 Å².